The highest BCUT2D eigenvalue weighted by Crippen LogP contribution is 2.25. The summed E-state index contributed by atoms with van der Waals surface area (Å²) >= 11 is 0. The van der Waals surface area contributed by atoms with Crippen molar-refractivity contribution < 1.29 is 19.1 Å². The molecule has 0 aliphatic rings. The Hall–Kier alpha value is -3.33. The second-order valence-electron chi connectivity index (χ2n) is 6.26. The normalized spacial score (nSPS) is 11.4. The number of hydrogen-bond donors (Lipinski definition) is 1. The minimum absolute atomic E-state index is 0.252. The van der Waals surface area contributed by atoms with Crippen molar-refractivity contribution >= 4 is 17.6 Å². The molecule has 1 atom stereocenters. The van der Waals surface area contributed by atoms with Gasteiger partial charge in [0.1, 0.15) is 11.8 Å². The van der Waals surface area contributed by atoms with Crippen LogP contribution in [-0.4, -0.2) is 24.6 Å². The average Bonchev–Trinajstić information content (AvgIpc) is 2.66. The lowest BCUT2D eigenvalue weighted by Crippen LogP contribution is -2.32. The molecule has 1 N–H and O–H groups in total. The molecule has 0 saturated heterocycles. The predicted octanol–water partition coefficient (Wildman–Crippen LogP) is 3.63. The first kappa shape index (κ1) is 20.0. The number of esters is 1. The first-order valence-electron chi connectivity index (χ1n) is 8.63. The molecule has 0 saturated carbocycles. The molecule has 0 aromatic heterocycles. The first-order chi connectivity index (χ1) is 12.9. The number of hydrogen-bond acceptors (Lipinski definition) is 5. The summed E-state index contributed by atoms with van der Waals surface area (Å²) in [5.41, 5.74) is 1.69. The van der Waals surface area contributed by atoms with E-state index in [0.29, 0.717) is 17.0 Å². The Bertz CT molecular complexity index is 855. The van der Waals surface area contributed by atoms with Gasteiger partial charge in [-0.3, -0.25) is 4.79 Å². The number of nitriles is 1. The van der Waals surface area contributed by atoms with Crippen molar-refractivity contribution in [3.05, 3.63) is 59.7 Å². The number of nitrogens with zero attached hydrogens (tertiary/aromatic N) is 1. The number of rotatable bonds is 7. The minimum atomic E-state index is -1.02. The van der Waals surface area contributed by atoms with Crippen molar-refractivity contribution in [1.29, 1.82) is 5.26 Å². The summed E-state index contributed by atoms with van der Waals surface area (Å²) in [5, 5.41) is 11.6. The van der Waals surface area contributed by atoms with Crippen LogP contribution in [-0.2, 0) is 14.3 Å². The number of amides is 1. The smallest absolute Gasteiger partial charge is 0.344 e. The van der Waals surface area contributed by atoms with Gasteiger partial charge in [-0.1, -0.05) is 44.2 Å². The number of ether oxygens (including phenoxy) is 2. The van der Waals surface area contributed by atoms with Crippen LogP contribution in [0, 0.1) is 11.3 Å². The van der Waals surface area contributed by atoms with Crippen molar-refractivity contribution in [2.75, 3.05) is 11.9 Å². The monoisotopic (exact) mass is 366 g/mol. The van der Waals surface area contributed by atoms with Gasteiger partial charge in [0, 0.05) is 0 Å². The maximum absolute atomic E-state index is 12.2. The molecular formula is C21H22N2O4. The lowest BCUT2D eigenvalue weighted by Gasteiger charge is -2.16. The minimum Gasteiger partial charge on any atom is -0.482 e. The molecule has 27 heavy (non-hydrogen) atoms. The van der Waals surface area contributed by atoms with E-state index in [0.717, 1.165) is 5.56 Å². The maximum atomic E-state index is 12.2. The van der Waals surface area contributed by atoms with E-state index >= 15 is 0 Å². The van der Waals surface area contributed by atoms with Gasteiger partial charge in [0.05, 0.1) is 11.3 Å². The standard InChI is InChI=1S/C21H22N2O4/c1-14(2)17-9-5-7-11-19(17)26-13-20(24)27-15(3)21(25)23-18-10-6-4-8-16(18)12-22/h4-11,14-15H,13H2,1-3H3,(H,23,25)/t15-/m0/s1. The maximum Gasteiger partial charge on any atom is 0.344 e. The van der Waals surface area contributed by atoms with Gasteiger partial charge in [-0.2, -0.15) is 5.26 Å². The van der Waals surface area contributed by atoms with E-state index in [1.165, 1.54) is 6.92 Å². The summed E-state index contributed by atoms with van der Waals surface area (Å²) in [5.74, 6) is -0.301. The molecule has 2 rings (SSSR count). The zero-order chi connectivity index (χ0) is 19.8. The molecule has 2 aromatic carbocycles. The van der Waals surface area contributed by atoms with E-state index in [-0.39, 0.29) is 12.5 Å². The van der Waals surface area contributed by atoms with Gasteiger partial charge in [-0.05, 0) is 36.6 Å². The van der Waals surface area contributed by atoms with Crippen LogP contribution in [0.15, 0.2) is 48.5 Å². The molecule has 140 valence electrons. The van der Waals surface area contributed by atoms with Gasteiger partial charge >= 0.3 is 5.97 Å². The third-order valence-electron chi connectivity index (χ3n) is 3.87. The Morgan fingerprint density at radius 3 is 2.44 bits per heavy atom. The Balaban J connectivity index is 1.90. The lowest BCUT2D eigenvalue weighted by molar-refractivity contribution is -0.155. The predicted molar refractivity (Wildman–Crippen MR) is 101 cm³/mol. The molecular weight excluding hydrogens is 344 g/mol. The van der Waals surface area contributed by atoms with E-state index in [1.807, 2.05) is 38.1 Å². The number of nitrogens with one attached hydrogen (secondary N) is 1. The molecule has 2 aromatic rings. The summed E-state index contributed by atoms with van der Waals surface area (Å²) in [6.45, 7) is 5.23. The van der Waals surface area contributed by atoms with Gasteiger partial charge in [-0.25, -0.2) is 4.79 Å². The highest BCUT2D eigenvalue weighted by molar-refractivity contribution is 5.96. The van der Waals surface area contributed by atoms with Crippen LogP contribution < -0.4 is 10.1 Å². The van der Waals surface area contributed by atoms with E-state index < -0.39 is 18.0 Å². The van der Waals surface area contributed by atoms with E-state index in [9.17, 15) is 9.59 Å². The summed E-state index contributed by atoms with van der Waals surface area (Å²) in [6, 6.07) is 16.1. The Morgan fingerprint density at radius 2 is 1.74 bits per heavy atom. The SMILES string of the molecule is CC(C)c1ccccc1OCC(=O)O[C@@H](C)C(=O)Nc1ccccc1C#N. The van der Waals surface area contributed by atoms with Crippen LogP contribution in [0.5, 0.6) is 5.75 Å². The average molecular weight is 366 g/mol. The van der Waals surface area contributed by atoms with Crippen molar-refractivity contribution in [3.63, 3.8) is 0 Å². The lowest BCUT2D eigenvalue weighted by atomic mass is 10.0. The fourth-order valence-electron chi connectivity index (χ4n) is 2.43. The molecule has 1 amide bonds. The van der Waals surface area contributed by atoms with Crippen LogP contribution in [0.4, 0.5) is 5.69 Å². The molecule has 0 fully saturated rings. The van der Waals surface area contributed by atoms with Crippen molar-refractivity contribution in [2.45, 2.75) is 32.8 Å². The topological polar surface area (TPSA) is 88.4 Å². The molecule has 0 unspecified atom stereocenters. The number of carbonyl (C=O) groups excluding carboxylic acids is 2. The molecule has 0 aliphatic heterocycles. The molecule has 0 spiro atoms. The molecule has 6 nitrogen and oxygen atoms in total. The summed E-state index contributed by atoms with van der Waals surface area (Å²) < 4.78 is 10.7. The Labute approximate surface area is 158 Å². The number of benzene rings is 2. The van der Waals surface area contributed by atoms with Gasteiger partial charge in [0.25, 0.3) is 5.91 Å². The Morgan fingerprint density at radius 1 is 1.07 bits per heavy atom. The Kier molecular flexibility index (Phi) is 6.95. The summed E-state index contributed by atoms with van der Waals surface area (Å²) in [4.78, 5) is 24.2. The van der Waals surface area contributed by atoms with Crippen LogP contribution >= 0.6 is 0 Å². The van der Waals surface area contributed by atoms with Gasteiger partial charge in [0.2, 0.25) is 0 Å². The molecule has 0 bridgehead atoms. The second kappa shape index (κ2) is 9.39. The highest BCUT2D eigenvalue weighted by Gasteiger charge is 2.19. The number of carbonyl (C=O) groups is 2. The van der Waals surface area contributed by atoms with Gasteiger partial charge < -0.3 is 14.8 Å². The summed E-state index contributed by atoms with van der Waals surface area (Å²) in [7, 11) is 0. The summed E-state index contributed by atoms with van der Waals surface area (Å²) in [6.07, 6.45) is -1.02. The molecule has 0 heterocycles. The van der Waals surface area contributed by atoms with E-state index in [2.05, 4.69) is 5.32 Å². The van der Waals surface area contributed by atoms with Crippen molar-refractivity contribution in [1.82, 2.24) is 0 Å². The van der Waals surface area contributed by atoms with Gasteiger partial charge in [-0.15, -0.1) is 0 Å². The van der Waals surface area contributed by atoms with E-state index in [1.54, 1.807) is 30.3 Å². The zero-order valence-electron chi connectivity index (χ0n) is 15.6. The van der Waals surface area contributed by atoms with Gasteiger partial charge in [0.15, 0.2) is 12.7 Å². The molecule has 6 heteroatoms. The highest BCUT2D eigenvalue weighted by atomic mass is 16.6. The van der Waals surface area contributed by atoms with Crippen LogP contribution in [0.2, 0.25) is 0 Å². The van der Waals surface area contributed by atoms with Crippen molar-refractivity contribution in [3.8, 4) is 11.8 Å². The third-order valence-corrected chi connectivity index (χ3v) is 3.87. The van der Waals surface area contributed by atoms with Crippen LogP contribution in [0.1, 0.15) is 37.8 Å². The third kappa shape index (κ3) is 5.58. The first-order valence-corrected chi connectivity index (χ1v) is 8.63. The quantitative estimate of drug-likeness (QED) is 0.756. The van der Waals surface area contributed by atoms with Crippen molar-refractivity contribution in [2.24, 2.45) is 0 Å². The second-order valence-corrected chi connectivity index (χ2v) is 6.26. The molecule has 0 aliphatic carbocycles. The fraction of sp³-hybridized carbons (Fsp3) is 0.286. The number of para-hydroxylation sites is 2. The zero-order valence-corrected chi connectivity index (χ0v) is 15.6. The largest absolute Gasteiger partial charge is 0.482 e. The molecule has 0 radical (unpaired) electrons. The fourth-order valence-corrected chi connectivity index (χ4v) is 2.43. The van der Waals surface area contributed by atoms with E-state index in [4.69, 9.17) is 14.7 Å². The van der Waals surface area contributed by atoms with Crippen LogP contribution in [0.25, 0.3) is 0 Å². The van der Waals surface area contributed by atoms with Crippen LogP contribution in [0.3, 0.4) is 0 Å². The number of anilines is 1.